The van der Waals surface area contributed by atoms with Gasteiger partial charge in [0.1, 0.15) is 0 Å². The Balaban J connectivity index is 1.77. The third kappa shape index (κ3) is 3.78. The molecule has 0 spiro atoms. The van der Waals surface area contributed by atoms with Crippen LogP contribution < -0.4 is 0 Å². The topological polar surface area (TPSA) is 66.8 Å². The predicted molar refractivity (Wildman–Crippen MR) is 98.9 cm³/mol. The van der Waals surface area contributed by atoms with E-state index in [-0.39, 0.29) is 17.2 Å². The molecule has 26 heavy (non-hydrogen) atoms. The standard InChI is InChI=1S/C21H29NO4/c1-2-26-13-12-21(10-6-7-11-21)20(25)22-14-17(18(15-22)19(23)24)16-8-4-3-5-9-16/h3-5,8-9,17-18H,2,6-7,10-15H2,1H3,(H,23,24). The molecule has 0 radical (unpaired) electrons. The first-order valence-corrected chi connectivity index (χ1v) is 9.72. The molecule has 1 amide bonds. The molecule has 3 rings (SSSR count). The van der Waals surface area contributed by atoms with Crippen LogP contribution in [-0.4, -0.2) is 48.2 Å². The summed E-state index contributed by atoms with van der Waals surface area (Å²) < 4.78 is 5.52. The maximum atomic E-state index is 13.4. The molecular weight excluding hydrogens is 330 g/mol. The fraction of sp³-hybridized carbons (Fsp3) is 0.619. The molecule has 2 aliphatic rings. The molecule has 0 bridgehead atoms. The number of benzene rings is 1. The summed E-state index contributed by atoms with van der Waals surface area (Å²) in [6.45, 7) is 4.03. The first-order chi connectivity index (χ1) is 12.6. The highest BCUT2D eigenvalue weighted by atomic mass is 16.5. The Labute approximate surface area is 155 Å². The number of likely N-dealkylation sites (tertiary alicyclic amines) is 1. The summed E-state index contributed by atoms with van der Waals surface area (Å²) in [5.74, 6) is -1.35. The number of amides is 1. The molecule has 1 aromatic rings. The van der Waals surface area contributed by atoms with Gasteiger partial charge in [-0.05, 0) is 31.7 Å². The zero-order valence-corrected chi connectivity index (χ0v) is 15.5. The van der Waals surface area contributed by atoms with Crippen LogP contribution in [0.4, 0.5) is 0 Å². The zero-order chi connectivity index (χ0) is 18.6. The number of carboxylic acids is 1. The number of aliphatic carboxylic acids is 1. The van der Waals surface area contributed by atoms with Gasteiger partial charge in [-0.1, -0.05) is 43.2 Å². The summed E-state index contributed by atoms with van der Waals surface area (Å²) in [6, 6.07) is 9.72. The van der Waals surface area contributed by atoms with Crippen molar-refractivity contribution in [1.82, 2.24) is 4.90 Å². The van der Waals surface area contributed by atoms with E-state index in [1.807, 2.05) is 42.2 Å². The van der Waals surface area contributed by atoms with Gasteiger partial charge in [0, 0.05) is 32.2 Å². The Bertz CT molecular complexity index is 624. The van der Waals surface area contributed by atoms with Crippen LogP contribution in [0.1, 0.15) is 50.5 Å². The molecule has 2 atom stereocenters. The van der Waals surface area contributed by atoms with Gasteiger partial charge in [-0.2, -0.15) is 0 Å². The average molecular weight is 359 g/mol. The molecule has 5 nitrogen and oxygen atoms in total. The quantitative estimate of drug-likeness (QED) is 0.759. The Hall–Kier alpha value is -1.88. The molecule has 2 unspecified atom stereocenters. The van der Waals surface area contributed by atoms with Crippen LogP contribution in [0, 0.1) is 11.3 Å². The van der Waals surface area contributed by atoms with Crippen molar-refractivity contribution in [3.8, 4) is 0 Å². The number of carbonyl (C=O) groups is 2. The van der Waals surface area contributed by atoms with Crippen LogP contribution in [0.2, 0.25) is 0 Å². The zero-order valence-electron chi connectivity index (χ0n) is 15.5. The number of nitrogens with zero attached hydrogens (tertiary/aromatic N) is 1. The third-order valence-corrected chi connectivity index (χ3v) is 6.10. The van der Waals surface area contributed by atoms with Crippen molar-refractivity contribution in [3.63, 3.8) is 0 Å². The highest BCUT2D eigenvalue weighted by molar-refractivity contribution is 5.85. The normalized spacial score (nSPS) is 24.7. The van der Waals surface area contributed by atoms with Gasteiger partial charge in [-0.3, -0.25) is 9.59 Å². The van der Waals surface area contributed by atoms with Crippen LogP contribution in [0.15, 0.2) is 30.3 Å². The van der Waals surface area contributed by atoms with E-state index in [0.29, 0.717) is 26.3 Å². The first-order valence-electron chi connectivity index (χ1n) is 9.72. The second-order valence-electron chi connectivity index (χ2n) is 7.61. The molecule has 2 fully saturated rings. The highest BCUT2D eigenvalue weighted by Gasteiger charge is 2.48. The van der Waals surface area contributed by atoms with Gasteiger partial charge in [0.25, 0.3) is 0 Å². The van der Waals surface area contributed by atoms with E-state index in [4.69, 9.17) is 4.74 Å². The van der Waals surface area contributed by atoms with E-state index in [1.54, 1.807) is 0 Å². The number of rotatable bonds is 7. The largest absolute Gasteiger partial charge is 0.481 e. The minimum Gasteiger partial charge on any atom is -0.481 e. The lowest BCUT2D eigenvalue weighted by Crippen LogP contribution is -2.42. The van der Waals surface area contributed by atoms with E-state index in [2.05, 4.69) is 0 Å². The maximum Gasteiger partial charge on any atom is 0.308 e. The Kier molecular flexibility index (Phi) is 5.97. The number of ether oxygens (including phenoxy) is 1. The number of carbonyl (C=O) groups excluding carboxylic acids is 1. The number of hydrogen-bond donors (Lipinski definition) is 1. The molecule has 1 aliphatic heterocycles. The lowest BCUT2D eigenvalue weighted by Gasteiger charge is -2.32. The van der Waals surface area contributed by atoms with E-state index in [0.717, 1.165) is 37.7 Å². The summed E-state index contributed by atoms with van der Waals surface area (Å²) in [5.41, 5.74) is 0.647. The Morgan fingerprint density at radius 2 is 1.88 bits per heavy atom. The van der Waals surface area contributed by atoms with Crippen LogP contribution in [0.5, 0.6) is 0 Å². The van der Waals surface area contributed by atoms with E-state index in [1.165, 1.54) is 0 Å². The van der Waals surface area contributed by atoms with Crippen molar-refractivity contribution in [1.29, 1.82) is 0 Å². The smallest absolute Gasteiger partial charge is 0.308 e. The van der Waals surface area contributed by atoms with Crippen LogP contribution in [0.3, 0.4) is 0 Å². The van der Waals surface area contributed by atoms with E-state index < -0.39 is 11.9 Å². The molecule has 1 N–H and O–H groups in total. The van der Waals surface area contributed by atoms with Crippen LogP contribution >= 0.6 is 0 Å². The maximum absolute atomic E-state index is 13.4. The van der Waals surface area contributed by atoms with Gasteiger partial charge >= 0.3 is 5.97 Å². The second-order valence-corrected chi connectivity index (χ2v) is 7.61. The minimum atomic E-state index is -0.816. The average Bonchev–Trinajstić information content (AvgIpc) is 3.30. The number of carboxylic acid groups (broad SMARTS) is 1. The van der Waals surface area contributed by atoms with Crippen molar-refractivity contribution in [3.05, 3.63) is 35.9 Å². The summed E-state index contributed by atoms with van der Waals surface area (Å²) in [6.07, 6.45) is 4.66. The van der Waals surface area contributed by atoms with Crippen LogP contribution in [0.25, 0.3) is 0 Å². The lowest BCUT2D eigenvalue weighted by atomic mass is 9.81. The molecule has 1 aliphatic carbocycles. The summed E-state index contributed by atoms with van der Waals surface area (Å²) in [7, 11) is 0. The highest BCUT2D eigenvalue weighted by Crippen LogP contribution is 2.45. The molecular formula is C21H29NO4. The second kappa shape index (κ2) is 8.21. The van der Waals surface area contributed by atoms with Crippen molar-refractivity contribution in [2.45, 2.75) is 44.9 Å². The minimum absolute atomic E-state index is 0.136. The van der Waals surface area contributed by atoms with Crippen molar-refractivity contribution in [2.24, 2.45) is 11.3 Å². The molecule has 1 heterocycles. The van der Waals surface area contributed by atoms with Gasteiger partial charge in [0.15, 0.2) is 0 Å². The third-order valence-electron chi connectivity index (χ3n) is 6.10. The first kappa shape index (κ1) is 18.9. The molecule has 1 saturated carbocycles. The SMILES string of the molecule is CCOCCC1(C(=O)N2CC(C(=O)O)C(c3ccccc3)C2)CCCC1. The Morgan fingerprint density at radius 1 is 1.19 bits per heavy atom. The summed E-state index contributed by atoms with van der Waals surface area (Å²) in [5, 5.41) is 9.69. The van der Waals surface area contributed by atoms with Crippen molar-refractivity contribution >= 4 is 11.9 Å². The fourth-order valence-corrected chi connectivity index (χ4v) is 4.63. The van der Waals surface area contributed by atoms with Gasteiger partial charge in [-0.25, -0.2) is 0 Å². The van der Waals surface area contributed by atoms with E-state index >= 15 is 0 Å². The van der Waals surface area contributed by atoms with Gasteiger partial charge in [0.2, 0.25) is 5.91 Å². The predicted octanol–water partition coefficient (Wildman–Crippen LogP) is 3.30. The molecule has 1 saturated heterocycles. The summed E-state index contributed by atoms with van der Waals surface area (Å²) >= 11 is 0. The molecule has 142 valence electrons. The monoisotopic (exact) mass is 359 g/mol. The number of hydrogen-bond acceptors (Lipinski definition) is 3. The van der Waals surface area contributed by atoms with E-state index in [9.17, 15) is 14.7 Å². The molecule has 0 aromatic heterocycles. The van der Waals surface area contributed by atoms with Gasteiger partial charge in [0.05, 0.1) is 11.3 Å². The molecule has 1 aromatic carbocycles. The van der Waals surface area contributed by atoms with Gasteiger partial charge < -0.3 is 14.7 Å². The van der Waals surface area contributed by atoms with Gasteiger partial charge in [-0.15, -0.1) is 0 Å². The molecule has 5 heteroatoms. The summed E-state index contributed by atoms with van der Waals surface area (Å²) in [4.78, 5) is 27.0. The van der Waals surface area contributed by atoms with Crippen molar-refractivity contribution in [2.75, 3.05) is 26.3 Å². The Morgan fingerprint density at radius 3 is 2.50 bits per heavy atom. The fourth-order valence-electron chi connectivity index (χ4n) is 4.63. The van der Waals surface area contributed by atoms with Crippen molar-refractivity contribution < 1.29 is 19.4 Å². The lowest BCUT2D eigenvalue weighted by molar-refractivity contribution is -0.144. The van der Waals surface area contributed by atoms with Crippen LogP contribution in [-0.2, 0) is 14.3 Å².